The molecule has 0 bridgehead atoms. The second kappa shape index (κ2) is 8.75. The van der Waals surface area contributed by atoms with Crippen molar-refractivity contribution in [3.05, 3.63) is 28.2 Å². The van der Waals surface area contributed by atoms with Gasteiger partial charge >= 0.3 is 11.9 Å². The maximum absolute atomic E-state index is 14.9. The molecular weight excluding hydrogens is 487 g/mol. The number of nitrogens with two attached hydrogens (primary N) is 1. The van der Waals surface area contributed by atoms with Crippen LogP contribution in [0.3, 0.4) is 0 Å². The average molecular weight is 503 g/mol. The molecule has 16 heteroatoms. The van der Waals surface area contributed by atoms with Gasteiger partial charge in [0, 0.05) is 17.5 Å². The Morgan fingerprint density at radius 1 is 1.36 bits per heavy atom. The zero-order valence-corrected chi connectivity index (χ0v) is 18.0. The quantitative estimate of drug-likeness (QED) is 0.243. The van der Waals surface area contributed by atoms with Crippen LogP contribution in [-0.2, 0) is 25.5 Å². The Bertz CT molecular complexity index is 1180. The number of aliphatic hydroxyl groups is 1. The van der Waals surface area contributed by atoms with E-state index >= 15 is 0 Å². The summed E-state index contributed by atoms with van der Waals surface area (Å²) in [5, 5.41) is 29.3. The number of aliphatic carboxylic acids is 2. The van der Waals surface area contributed by atoms with Gasteiger partial charge in [-0.15, -0.1) is 11.3 Å². The minimum absolute atomic E-state index is 0.0459. The van der Waals surface area contributed by atoms with E-state index in [-0.39, 0.29) is 22.3 Å². The van der Waals surface area contributed by atoms with E-state index in [1.807, 2.05) is 0 Å². The van der Waals surface area contributed by atoms with Crippen molar-refractivity contribution in [2.24, 2.45) is 0 Å². The van der Waals surface area contributed by atoms with E-state index in [0.29, 0.717) is 4.88 Å². The molecule has 176 valence electrons. The van der Waals surface area contributed by atoms with Gasteiger partial charge in [-0.05, 0) is 11.6 Å². The molecule has 0 amide bonds. The van der Waals surface area contributed by atoms with Gasteiger partial charge in [0.1, 0.15) is 17.7 Å². The molecule has 3 aromatic heterocycles. The molecule has 5 N–H and O–H groups in total. The van der Waals surface area contributed by atoms with Gasteiger partial charge < -0.3 is 30.5 Å². The molecule has 4 rings (SSSR count). The Hall–Kier alpha value is -2.98. The van der Waals surface area contributed by atoms with Gasteiger partial charge in [0.15, 0.2) is 23.9 Å². The second-order valence-electron chi connectivity index (χ2n) is 7.09. The predicted molar refractivity (Wildman–Crippen MR) is 109 cm³/mol. The highest BCUT2D eigenvalue weighted by Crippen LogP contribution is 2.35. The number of fused-ring (bicyclic) bond motifs is 1. The number of hydrogen-bond acceptors (Lipinski definition) is 11. The number of hydrogen-bond donors (Lipinski definition) is 4. The van der Waals surface area contributed by atoms with Gasteiger partial charge in [0.2, 0.25) is 5.28 Å². The molecule has 0 spiro atoms. The Labute approximate surface area is 192 Å². The summed E-state index contributed by atoms with van der Waals surface area (Å²) in [5.41, 5.74) is 4.62. The van der Waals surface area contributed by atoms with Crippen molar-refractivity contribution in [2.75, 3.05) is 12.3 Å². The molecule has 0 aliphatic carbocycles. The van der Waals surface area contributed by atoms with E-state index in [1.165, 1.54) is 18.0 Å². The summed E-state index contributed by atoms with van der Waals surface area (Å²) in [6, 6.07) is 0. The molecule has 0 unspecified atom stereocenters. The SMILES string of the molecule is Nc1nc(Cl)nc2c1ncn2[C@@H]1O[C@H](COC(Cc2cncs2)(C(=O)O)C(=O)O)[C@@H](O)[C@@H]1F. The third kappa shape index (κ3) is 4.08. The number of ether oxygens (including phenoxy) is 2. The van der Waals surface area contributed by atoms with E-state index in [0.717, 1.165) is 15.9 Å². The smallest absolute Gasteiger partial charge is 0.348 e. The van der Waals surface area contributed by atoms with E-state index in [4.69, 9.17) is 26.8 Å². The van der Waals surface area contributed by atoms with Crippen molar-refractivity contribution in [3.8, 4) is 0 Å². The van der Waals surface area contributed by atoms with Crippen molar-refractivity contribution in [2.45, 2.75) is 36.6 Å². The summed E-state index contributed by atoms with van der Waals surface area (Å²) < 4.78 is 26.9. The molecule has 1 aliphatic rings. The fourth-order valence-corrected chi connectivity index (χ4v) is 4.22. The van der Waals surface area contributed by atoms with E-state index in [2.05, 4.69) is 19.9 Å². The molecule has 0 radical (unpaired) electrons. The first-order chi connectivity index (χ1) is 15.6. The molecule has 1 aliphatic heterocycles. The fraction of sp³-hybridized carbons (Fsp3) is 0.412. The normalized spacial score (nSPS) is 23.2. The van der Waals surface area contributed by atoms with Crippen molar-refractivity contribution >= 4 is 51.9 Å². The number of anilines is 1. The summed E-state index contributed by atoms with van der Waals surface area (Å²) in [7, 11) is 0. The molecule has 33 heavy (non-hydrogen) atoms. The topological polar surface area (TPSA) is 196 Å². The molecule has 1 saturated heterocycles. The van der Waals surface area contributed by atoms with E-state index in [9.17, 15) is 29.3 Å². The van der Waals surface area contributed by atoms with Gasteiger partial charge in [0.25, 0.3) is 5.60 Å². The van der Waals surface area contributed by atoms with Crippen LogP contribution in [0.15, 0.2) is 18.0 Å². The molecule has 4 atom stereocenters. The van der Waals surface area contributed by atoms with Crippen LogP contribution in [-0.4, -0.2) is 82.3 Å². The lowest BCUT2D eigenvalue weighted by Crippen LogP contribution is -2.52. The van der Waals surface area contributed by atoms with Crippen LogP contribution in [0, 0.1) is 0 Å². The van der Waals surface area contributed by atoms with Gasteiger partial charge in [-0.2, -0.15) is 9.97 Å². The van der Waals surface area contributed by atoms with Crippen LogP contribution in [0.4, 0.5) is 10.2 Å². The average Bonchev–Trinajstić information content (AvgIpc) is 3.46. The van der Waals surface area contributed by atoms with Crippen molar-refractivity contribution in [1.82, 2.24) is 24.5 Å². The molecule has 0 saturated carbocycles. The number of alkyl halides is 1. The lowest BCUT2D eigenvalue weighted by Gasteiger charge is -2.26. The maximum atomic E-state index is 14.9. The molecule has 0 aromatic carbocycles. The third-order valence-electron chi connectivity index (χ3n) is 5.08. The van der Waals surface area contributed by atoms with Crippen LogP contribution >= 0.6 is 22.9 Å². The minimum atomic E-state index is -2.70. The summed E-state index contributed by atoms with van der Waals surface area (Å²) in [4.78, 5) is 39.5. The molecular formula is C17H16ClFN6O7S. The van der Waals surface area contributed by atoms with E-state index < -0.39 is 55.2 Å². The summed E-state index contributed by atoms with van der Waals surface area (Å²) >= 11 is 6.85. The first kappa shape index (κ1) is 23.2. The zero-order valence-electron chi connectivity index (χ0n) is 16.4. The summed E-state index contributed by atoms with van der Waals surface area (Å²) in [5.74, 6) is -3.59. The van der Waals surface area contributed by atoms with Crippen LogP contribution in [0.1, 0.15) is 11.1 Å². The Kier molecular flexibility index (Phi) is 6.15. The molecule has 1 fully saturated rings. The van der Waals surface area contributed by atoms with Crippen LogP contribution < -0.4 is 5.73 Å². The highest BCUT2D eigenvalue weighted by Gasteiger charge is 2.52. The van der Waals surface area contributed by atoms with Crippen LogP contribution in [0.2, 0.25) is 5.28 Å². The standard InChI is InChI=1S/C17H16ClFN6O7S/c18-16-23-11(20)9-12(24-16)25(4-22-9)13-8(19)10(26)7(32-13)3-31-17(14(27)28,15(29)30)1-6-2-21-5-33-6/h2,4-5,7-8,10,13,26H,1,3H2,(H,27,28)(H,29,30)(H2,20,23,24)/t7-,8+,10-,13-/m1/s1. The number of aromatic nitrogens is 5. The number of aliphatic hydroxyl groups excluding tert-OH is 1. The van der Waals surface area contributed by atoms with Crippen molar-refractivity contribution in [3.63, 3.8) is 0 Å². The van der Waals surface area contributed by atoms with Crippen molar-refractivity contribution < 1.29 is 38.8 Å². The van der Waals surface area contributed by atoms with Crippen LogP contribution in [0.5, 0.6) is 0 Å². The number of halogens is 2. The number of imidazole rings is 1. The third-order valence-corrected chi connectivity index (χ3v) is 6.03. The number of rotatable bonds is 8. The number of carboxylic acid groups (broad SMARTS) is 2. The number of carboxylic acids is 2. The monoisotopic (exact) mass is 502 g/mol. The minimum Gasteiger partial charge on any atom is -0.479 e. The zero-order chi connectivity index (χ0) is 23.9. The maximum Gasteiger partial charge on any atom is 0.348 e. The predicted octanol–water partition coefficient (Wildman–Crippen LogP) is 0.282. The highest BCUT2D eigenvalue weighted by molar-refractivity contribution is 7.09. The summed E-state index contributed by atoms with van der Waals surface area (Å²) in [6.45, 7) is -0.736. The number of nitrogen functional groups attached to an aromatic ring is 1. The van der Waals surface area contributed by atoms with Crippen LogP contribution in [0.25, 0.3) is 11.2 Å². The molecule has 3 aromatic rings. The molecule has 4 heterocycles. The first-order valence-electron chi connectivity index (χ1n) is 9.25. The number of thiazole rings is 1. The fourth-order valence-electron chi connectivity index (χ4n) is 3.38. The lowest BCUT2D eigenvalue weighted by atomic mass is 9.98. The van der Waals surface area contributed by atoms with Crippen molar-refractivity contribution in [1.29, 1.82) is 0 Å². The van der Waals surface area contributed by atoms with Gasteiger partial charge in [-0.3, -0.25) is 9.55 Å². The lowest BCUT2D eigenvalue weighted by molar-refractivity contribution is -0.189. The van der Waals surface area contributed by atoms with E-state index in [1.54, 1.807) is 0 Å². The second-order valence-corrected chi connectivity index (χ2v) is 8.40. The largest absolute Gasteiger partial charge is 0.479 e. The number of nitrogens with zero attached hydrogens (tertiary/aromatic N) is 5. The Morgan fingerprint density at radius 3 is 2.73 bits per heavy atom. The first-order valence-corrected chi connectivity index (χ1v) is 10.5. The Balaban J connectivity index is 1.57. The number of carbonyl (C=O) groups is 2. The Morgan fingerprint density at radius 2 is 2.09 bits per heavy atom. The van der Waals surface area contributed by atoms with Gasteiger partial charge in [-0.1, -0.05) is 0 Å². The molecule has 13 nitrogen and oxygen atoms in total. The summed E-state index contributed by atoms with van der Waals surface area (Å²) in [6.07, 6.45) is -4.70. The van der Waals surface area contributed by atoms with Gasteiger partial charge in [-0.25, -0.2) is 19.0 Å². The van der Waals surface area contributed by atoms with Gasteiger partial charge in [0.05, 0.1) is 18.4 Å². The highest BCUT2D eigenvalue weighted by atomic mass is 35.5.